The summed E-state index contributed by atoms with van der Waals surface area (Å²) in [5.74, 6) is -0.228. The third kappa shape index (κ3) is 4.57. The van der Waals surface area contributed by atoms with Crippen LogP contribution >= 0.6 is 0 Å². The fraction of sp³-hybridized carbons (Fsp3) is 0.636. The first-order chi connectivity index (χ1) is 9.08. The van der Waals surface area contributed by atoms with Gasteiger partial charge in [-0.05, 0) is 6.42 Å². The Balaban J connectivity index is 2.44. The van der Waals surface area contributed by atoms with Crippen LogP contribution in [0.25, 0.3) is 0 Å². The number of nitrogens with two attached hydrogens (primary N) is 1. The Kier molecular flexibility index (Phi) is 5.77. The van der Waals surface area contributed by atoms with Gasteiger partial charge < -0.3 is 16.3 Å². The third-order valence-corrected chi connectivity index (χ3v) is 2.66. The number of carbonyl (C=O) groups is 1. The van der Waals surface area contributed by atoms with Gasteiger partial charge in [0.25, 0.3) is 0 Å². The summed E-state index contributed by atoms with van der Waals surface area (Å²) < 4.78 is 1.60. The van der Waals surface area contributed by atoms with Crippen LogP contribution in [0.4, 0.5) is 0 Å². The number of nitrogens with zero attached hydrogens (tertiary/aromatic N) is 4. The minimum absolute atomic E-state index is 0.0599. The van der Waals surface area contributed by atoms with Crippen LogP contribution < -0.4 is 11.1 Å². The number of aromatic nitrogens is 3. The van der Waals surface area contributed by atoms with Gasteiger partial charge >= 0.3 is 0 Å². The monoisotopic (exact) mass is 268 g/mol. The molecule has 0 bridgehead atoms. The molecule has 0 saturated heterocycles. The maximum Gasteiger partial charge on any atom is 0.230 e. The van der Waals surface area contributed by atoms with E-state index in [-0.39, 0.29) is 11.7 Å². The van der Waals surface area contributed by atoms with E-state index in [0.29, 0.717) is 25.2 Å². The second-order valence-corrected chi connectivity index (χ2v) is 4.24. The third-order valence-electron chi connectivity index (χ3n) is 2.66. The van der Waals surface area contributed by atoms with Crippen molar-refractivity contribution >= 4 is 11.7 Å². The minimum atomic E-state index is -0.591. The summed E-state index contributed by atoms with van der Waals surface area (Å²) in [7, 11) is 1.78. The molecule has 1 aromatic rings. The fourth-order valence-electron chi connectivity index (χ4n) is 1.69. The van der Waals surface area contributed by atoms with Crippen molar-refractivity contribution in [1.82, 2.24) is 20.1 Å². The van der Waals surface area contributed by atoms with Crippen LogP contribution in [0.1, 0.15) is 25.6 Å². The molecule has 1 rings (SSSR count). The van der Waals surface area contributed by atoms with E-state index in [2.05, 4.69) is 20.6 Å². The number of amidine groups is 1. The molecule has 19 heavy (non-hydrogen) atoms. The summed E-state index contributed by atoms with van der Waals surface area (Å²) >= 11 is 0. The molecule has 106 valence electrons. The molecule has 4 N–H and O–H groups in total. The first-order valence-electron chi connectivity index (χ1n) is 6.18. The van der Waals surface area contributed by atoms with Crippen LogP contribution in [0, 0.1) is 5.92 Å². The molecular formula is C11H20N6O2. The molecule has 0 aliphatic carbocycles. The molecule has 0 radical (unpaired) electrons. The van der Waals surface area contributed by atoms with E-state index in [9.17, 15) is 4.79 Å². The van der Waals surface area contributed by atoms with Crippen molar-refractivity contribution in [2.45, 2.75) is 26.2 Å². The van der Waals surface area contributed by atoms with Crippen molar-refractivity contribution < 1.29 is 10.0 Å². The van der Waals surface area contributed by atoms with Gasteiger partial charge in [0.05, 0.1) is 5.92 Å². The lowest BCUT2D eigenvalue weighted by atomic mass is 10.0. The largest absolute Gasteiger partial charge is 0.409 e. The SMILES string of the molecule is CCCC(C(=O)NCCc1ncn(C)n1)C(N)=NO. The van der Waals surface area contributed by atoms with Crippen LogP contribution in [0.5, 0.6) is 0 Å². The Morgan fingerprint density at radius 3 is 2.95 bits per heavy atom. The van der Waals surface area contributed by atoms with Gasteiger partial charge in [0, 0.05) is 20.0 Å². The Morgan fingerprint density at radius 2 is 2.42 bits per heavy atom. The normalized spacial score (nSPS) is 13.3. The summed E-state index contributed by atoms with van der Waals surface area (Å²) in [5.41, 5.74) is 5.50. The summed E-state index contributed by atoms with van der Waals surface area (Å²) in [5, 5.41) is 18.4. The Hall–Kier alpha value is -2.12. The lowest BCUT2D eigenvalue weighted by Crippen LogP contribution is -2.39. The number of hydrogen-bond acceptors (Lipinski definition) is 5. The molecule has 0 aromatic carbocycles. The lowest BCUT2D eigenvalue weighted by molar-refractivity contribution is -0.123. The second kappa shape index (κ2) is 7.34. The van der Waals surface area contributed by atoms with E-state index in [4.69, 9.17) is 10.9 Å². The highest BCUT2D eigenvalue weighted by atomic mass is 16.4. The van der Waals surface area contributed by atoms with Gasteiger partial charge in [0.1, 0.15) is 6.33 Å². The molecule has 1 heterocycles. The molecule has 1 unspecified atom stereocenters. The number of carbonyl (C=O) groups excluding carboxylic acids is 1. The molecule has 1 aromatic heterocycles. The zero-order valence-corrected chi connectivity index (χ0v) is 11.2. The van der Waals surface area contributed by atoms with Crippen molar-refractivity contribution in [2.24, 2.45) is 23.9 Å². The summed E-state index contributed by atoms with van der Waals surface area (Å²) in [6.07, 6.45) is 3.47. The standard InChI is InChI=1S/C11H20N6O2/c1-3-4-8(10(12)16-19)11(18)13-6-5-9-14-7-17(2)15-9/h7-8,19H,3-6H2,1-2H3,(H2,12,16)(H,13,18). The number of nitrogens with one attached hydrogen (secondary N) is 1. The van der Waals surface area contributed by atoms with Crippen molar-refractivity contribution in [1.29, 1.82) is 0 Å². The smallest absolute Gasteiger partial charge is 0.230 e. The van der Waals surface area contributed by atoms with E-state index in [0.717, 1.165) is 6.42 Å². The van der Waals surface area contributed by atoms with E-state index >= 15 is 0 Å². The quantitative estimate of drug-likeness (QED) is 0.270. The van der Waals surface area contributed by atoms with Crippen LogP contribution in [0.2, 0.25) is 0 Å². The van der Waals surface area contributed by atoms with E-state index < -0.39 is 5.92 Å². The van der Waals surface area contributed by atoms with Gasteiger partial charge in [-0.2, -0.15) is 5.10 Å². The van der Waals surface area contributed by atoms with Gasteiger partial charge in [-0.3, -0.25) is 9.48 Å². The molecule has 8 heteroatoms. The predicted molar refractivity (Wildman–Crippen MR) is 69.5 cm³/mol. The van der Waals surface area contributed by atoms with E-state index in [1.165, 1.54) is 0 Å². The highest BCUT2D eigenvalue weighted by Gasteiger charge is 2.21. The molecule has 8 nitrogen and oxygen atoms in total. The molecule has 1 amide bonds. The highest BCUT2D eigenvalue weighted by molar-refractivity contribution is 6.02. The van der Waals surface area contributed by atoms with Gasteiger partial charge in [-0.1, -0.05) is 18.5 Å². The van der Waals surface area contributed by atoms with Gasteiger partial charge in [0.15, 0.2) is 11.7 Å². The summed E-state index contributed by atoms with van der Waals surface area (Å²) in [4.78, 5) is 16.0. The number of oxime groups is 1. The molecule has 0 spiro atoms. The van der Waals surface area contributed by atoms with E-state index in [1.54, 1.807) is 18.1 Å². The number of rotatable bonds is 7. The maximum atomic E-state index is 11.9. The summed E-state index contributed by atoms with van der Waals surface area (Å²) in [6, 6.07) is 0. The Bertz CT molecular complexity index is 442. The van der Waals surface area contributed by atoms with Crippen LogP contribution in [0.3, 0.4) is 0 Å². The van der Waals surface area contributed by atoms with Crippen molar-refractivity contribution in [2.75, 3.05) is 6.54 Å². The zero-order valence-electron chi connectivity index (χ0n) is 11.2. The van der Waals surface area contributed by atoms with Gasteiger partial charge in [-0.15, -0.1) is 0 Å². The van der Waals surface area contributed by atoms with Crippen molar-refractivity contribution in [3.63, 3.8) is 0 Å². The summed E-state index contributed by atoms with van der Waals surface area (Å²) in [6.45, 7) is 2.35. The molecule has 1 atom stereocenters. The molecule has 0 aliphatic heterocycles. The highest BCUT2D eigenvalue weighted by Crippen LogP contribution is 2.06. The minimum Gasteiger partial charge on any atom is -0.409 e. The molecular weight excluding hydrogens is 248 g/mol. The number of aryl methyl sites for hydroxylation is 1. The second-order valence-electron chi connectivity index (χ2n) is 4.24. The molecule has 0 aliphatic rings. The molecule has 0 saturated carbocycles. The zero-order chi connectivity index (χ0) is 14.3. The Morgan fingerprint density at radius 1 is 1.68 bits per heavy atom. The predicted octanol–water partition coefficient (Wildman–Crippen LogP) is -0.363. The fourth-order valence-corrected chi connectivity index (χ4v) is 1.69. The number of hydrogen-bond donors (Lipinski definition) is 3. The lowest BCUT2D eigenvalue weighted by Gasteiger charge is -2.14. The number of amides is 1. The topological polar surface area (TPSA) is 118 Å². The van der Waals surface area contributed by atoms with Crippen LogP contribution in [-0.2, 0) is 18.3 Å². The first-order valence-corrected chi connectivity index (χ1v) is 6.18. The van der Waals surface area contributed by atoms with Crippen molar-refractivity contribution in [3.8, 4) is 0 Å². The Labute approximate surface area is 111 Å². The maximum absolute atomic E-state index is 11.9. The average Bonchev–Trinajstić information content (AvgIpc) is 2.80. The van der Waals surface area contributed by atoms with Gasteiger partial charge in [0.2, 0.25) is 5.91 Å². The van der Waals surface area contributed by atoms with Crippen LogP contribution in [-0.4, -0.2) is 38.3 Å². The van der Waals surface area contributed by atoms with Crippen LogP contribution in [0.15, 0.2) is 11.5 Å². The average molecular weight is 268 g/mol. The van der Waals surface area contributed by atoms with Crippen molar-refractivity contribution in [3.05, 3.63) is 12.2 Å². The molecule has 0 fully saturated rings. The first kappa shape index (κ1) is 14.9. The van der Waals surface area contributed by atoms with Gasteiger partial charge in [-0.25, -0.2) is 4.98 Å². The van der Waals surface area contributed by atoms with E-state index in [1.807, 2.05) is 6.92 Å².